The number of allylic oxidation sites excluding steroid dienone is 4. The van der Waals surface area contributed by atoms with Gasteiger partial charge in [0.05, 0.1) is 0 Å². The second-order valence-corrected chi connectivity index (χ2v) is 15.0. The molecule has 2 fully saturated rings. The van der Waals surface area contributed by atoms with Crippen LogP contribution in [0.4, 0.5) is 0 Å². The van der Waals surface area contributed by atoms with E-state index in [2.05, 4.69) is 99.6 Å². The van der Waals surface area contributed by atoms with Crippen molar-refractivity contribution in [1.29, 1.82) is 0 Å². The van der Waals surface area contributed by atoms with E-state index in [1.54, 1.807) is 5.57 Å². The average molecular weight is 593 g/mol. The number of hydrogen-bond acceptors (Lipinski definition) is 1. The molecular weight excluding hydrogens is 516 g/mol. The lowest BCUT2D eigenvalue weighted by Crippen LogP contribution is -2.24. The molecule has 2 aliphatic carbocycles. The molecule has 1 N–H and O–H groups in total. The molecule has 0 heterocycles. The molecule has 2 aliphatic rings. The van der Waals surface area contributed by atoms with Gasteiger partial charge in [-0.1, -0.05) is 113 Å². The molecule has 0 aliphatic heterocycles. The maximum absolute atomic E-state index is 7.92. The smallest absolute Gasteiger partial charge is 0.107 e. The van der Waals surface area contributed by atoms with Gasteiger partial charge < -0.3 is 5.11 Å². The molecule has 0 aromatic rings. The molecule has 0 bridgehead atoms. The average Bonchev–Trinajstić information content (AvgIpc) is 3.79. The van der Waals surface area contributed by atoms with Crippen LogP contribution in [0.25, 0.3) is 0 Å². The SMILES string of the molecule is C/C=C(C)/C=S(/CCCC(C)(/C=C(/C)CC)C(C)CC)C1CCC(C)CC1.CC.CC.CC(C)C.OC#CC1CC1. The van der Waals surface area contributed by atoms with Crippen LogP contribution in [0.3, 0.4) is 0 Å². The van der Waals surface area contributed by atoms with Crippen molar-refractivity contribution in [1.82, 2.24) is 0 Å². The summed E-state index contributed by atoms with van der Waals surface area (Å²) in [6.45, 7) is 33.4. The highest BCUT2D eigenvalue weighted by Crippen LogP contribution is 2.41. The zero-order valence-corrected chi connectivity index (χ0v) is 31.6. The van der Waals surface area contributed by atoms with E-state index < -0.39 is 0 Å². The second-order valence-electron chi connectivity index (χ2n) is 12.7. The highest BCUT2D eigenvalue weighted by atomic mass is 32.2. The van der Waals surface area contributed by atoms with Crippen molar-refractivity contribution in [3.05, 3.63) is 23.3 Å². The van der Waals surface area contributed by atoms with Crippen LogP contribution in [0, 0.1) is 41.1 Å². The van der Waals surface area contributed by atoms with Crippen molar-refractivity contribution in [2.45, 2.75) is 173 Å². The first-order valence-corrected chi connectivity index (χ1v) is 18.9. The van der Waals surface area contributed by atoms with E-state index in [9.17, 15) is 0 Å². The third-order valence-electron chi connectivity index (χ3n) is 8.00. The molecule has 2 saturated carbocycles. The van der Waals surface area contributed by atoms with Gasteiger partial charge in [-0.3, -0.25) is 0 Å². The zero-order valence-electron chi connectivity index (χ0n) is 30.8. The van der Waals surface area contributed by atoms with Crippen LogP contribution < -0.4 is 0 Å². The van der Waals surface area contributed by atoms with E-state index in [1.807, 2.05) is 33.8 Å². The number of hydrogen-bond donors (Lipinski definition) is 1. The fraction of sp³-hybridized carbons (Fsp3) is 0.821. The third-order valence-corrected chi connectivity index (χ3v) is 10.8. The van der Waals surface area contributed by atoms with Gasteiger partial charge in [0.15, 0.2) is 0 Å². The van der Waals surface area contributed by atoms with E-state index >= 15 is 0 Å². The molecule has 0 aromatic carbocycles. The van der Waals surface area contributed by atoms with Crippen LogP contribution in [0.5, 0.6) is 0 Å². The van der Waals surface area contributed by atoms with E-state index in [0.29, 0.717) is 21.8 Å². The minimum atomic E-state index is 0.362. The van der Waals surface area contributed by atoms with Crippen LogP contribution in [-0.4, -0.2) is 21.5 Å². The number of aliphatic hydroxyl groups is 1. The minimum absolute atomic E-state index is 0.362. The summed E-state index contributed by atoms with van der Waals surface area (Å²) in [6.07, 6.45) is 20.1. The van der Waals surface area contributed by atoms with Crippen molar-refractivity contribution in [3.8, 4) is 12.0 Å². The normalized spacial score (nSPS) is 21.5. The van der Waals surface area contributed by atoms with Gasteiger partial charge in [0, 0.05) is 5.92 Å². The monoisotopic (exact) mass is 593 g/mol. The van der Waals surface area contributed by atoms with E-state index in [0.717, 1.165) is 23.0 Å². The van der Waals surface area contributed by atoms with Gasteiger partial charge in [0.1, 0.15) is 6.11 Å². The maximum Gasteiger partial charge on any atom is 0.107 e. The summed E-state index contributed by atoms with van der Waals surface area (Å²) in [5.41, 5.74) is 3.42. The fourth-order valence-corrected chi connectivity index (χ4v) is 7.30. The molecule has 0 radical (unpaired) electrons. The van der Waals surface area contributed by atoms with Crippen LogP contribution >= 0.6 is 10.5 Å². The lowest BCUT2D eigenvalue weighted by Gasteiger charge is -2.35. The molecule has 244 valence electrons. The Morgan fingerprint density at radius 1 is 0.951 bits per heavy atom. The van der Waals surface area contributed by atoms with Crippen molar-refractivity contribution < 1.29 is 5.11 Å². The Kier molecular flexibility index (Phi) is 30.2. The Morgan fingerprint density at radius 3 is 1.83 bits per heavy atom. The van der Waals surface area contributed by atoms with Crippen molar-refractivity contribution >= 4 is 15.9 Å². The molecule has 2 heteroatoms. The van der Waals surface area contributed by atoms with Gasteiger partial charge in [-0.25, -0.2) is 0 Å². The number of aliphatic hydroxyl groups excluding tert-OH is 1. The number of rotatable bonds is 10. The van der Waals surface area contributed by atoms with Crippen molar-refractivity contribution in [2.75, 3.05) is 5.75 Å². The topological polar surface area (TPSA) is 20.2 Å². The summed E-state index contributed by atoms with van der Waals surface area (Å²) in [4.78, 5) is 0. The summed E-state index contributed by atoms with van der Waals surface area (Å²) in [7, 11) is 0.466. The van der Waals surface area contributed by atoms with Crippen LogP contribution in [0.15, 0.2) is 23.3 Å². The van der Waals surface area contributed by atoms with Crippen LogP contribution in [0.1, 0.15) is 168 Å². The molecular formula is C39H76OS. The van der Waals surface area contributed by atoms with E-state index in [1.165, 1.54) is 75.5 Å². The second kappa shape index (κ2) is 27.9. The fourth-order valence-electron chi connectivity index (χ4n) is 4.69. The van der Waals surface area contributed by atoms with Crippen LogP contribution in [0.2, 0.25) is 0 Å². The molecule has 41 heavy (non-hydrogen) atoms. The predicted molar refractivity (Wildman–Crippen MR) is 196 cm³/mol. The Morgan fingerprint density at radius 2 is 1.46 bits per heavy atom. The summed E-state index contributed by atoms with van der Waals surface area (Å²) >= 11 is 0. The van der Waals surface area contributed by atoms with Gasteiger partial charge in [0.2, 0.25) is 0 Å². The first-order valence-electron chi connectivity index (χ1n) is 17.4. The molecule has 0 amide bonds. The Balaban J connectivity index is -0.000000848. The summed E-state index contributed by atoms with van der Waals surface area (Å²) < 4.78 is 0. The summed E-state index contributed by atoms with van der Waals surface area (Å²) in [6, 6.07) is 0. The summed E-state index contributed by atoms with van der Waals surface area (Å²) in [5.74, 6) is 7.10. The largest absolute Gasteiger partial charge is 0.462 e. The molecule has 0 spiro atoms. The van der Waals surface area contributed by atoms with Crippen molar-refractivity contribution in [3.63, 3.8) is 0 Å². The van der Waals surface area contributed by atoms with Gasteiger partial charge in [-0.2, -0.15) is 10.5 Å². The first kappa shape index (κ1) is 44.5. The van der Waals surface area contributed by atoms with Gasteiger partial charge in [-0.05, 0) is 124 Å². The van der Waals surface area contributed by atoms with Gasteiger partial charge >= 0.3 is 0 Å². The highest BCUT2D eigenvalue weighted by molar-refractivity contribution is 8.15. The molecule has 0 aromatic heterocycles. The quantitative estimate of drug-likeness (QED) is 0.116. The lowest BCUT2D eigenvalue weighted by atomic mass is 9.72. The van der Waals surface area contributed by atoms with Crippen molar-refractivity contribution in [2.24, 2.45) is 29.1 Å². The standard InChI is InChI=1S/C26H48S.C5H6O.C4H10.2C2H6/c1-9-21(4)19-26(8,24(7)11-3)17-12-18-27(20-22(5)10-2)25-15-13-23(6)14-16-25;6-4-3-5-1-2-5;1-4(2)3;2*1-2/h10,19-20,23-25H,9,11-18H2,1-8H3;5-6H,1-2H2;4H,1-3H3;2*1-2H3/b21-19-,22-10+;;;;. The van der Waals surface area contributed by atoms with Gasteiger partial charge in [0.25, 0.3) is 0 Å². The first-order chi connectivity index (χ1) is 19.4. The van der Waals surface area contributed by atoms with E-state index in [4.69, 9.17) is 5.11 Å². The highest BCUT2D eigenvalue weighted by Gasteiger charge is 2.28. The van der Waals surface area contributed by atoms with E-state index in [-0.39, 0.29) is 0 Å². The molecule has 0 saturated heterocycles. The lowest BCUT2D eigenvalue weighted by molar-refractivity contribution is 0.245. The Hall–Kier alpha value is -0.940. The maximum atomic E-state index is 7.92. The minimum Gasteiger partial charge on any atom is -0.462 e. The zero-order chi connectivity index (χ0) is 32.4. The molecule has 2 rings (SSSR count). The van der Waals surface area contributed by atoms with Crippen LogP contribution in [-0.2, 0) is 0 Å². The Labute approximate surface area is 263 Å². The molecule has 1 nitrogen and oxygen atoms in total. The van der Waals surface area contributed by atoms with Gasteiger partial charge in [-0.15, -0.1) is 0 Å². The predicted octanol–water partition coefficient (Wildman–Crippen LogP) is 13.2. The molecule has 3 atom stereocenters. The Bertz CT molecular complexity index is 747. The summed E-state index contributed by atoms with van der Waals surface area (Å²) in [5, 5.41) is 11.5. The third kappa shape index (κ3) is 24.2. The molecule has 3 unspecified atom stereocenters.